The van der Waals surface area contributed by atoms with Gasteiger partial charge in [0.15, 0.2) is 0 Å². The predicted octanol–water partition coefficient (Wildman–Crippen LogP) is 4.84. The minimum absolute atomic E-state index is 0.0362. The van der Waals surface area contributed by atoms with Gasteiger partial charge in [-0.1, -0.05) is 0 Å². The zero-order chi connectivity index (χ0) is 26.7. The summed E-state index contributed by atoms with van der Waals surface area (Å²) in [5.41, 5.74) is 4.72. The van der Waals surface area contributed by atoms with E-state index in [0.717, 1.165) is 86.2 Å². The molecule has 4 rings (SSSR count). The van der Waals surface area contributed by atoms with Crippen molar-refractivity contribution in [2.75, 3.05) is 53.0 Å². The van der Waals surface area contributed by atoms with Crippen LogP contribution in [0, 0.1) is 12.3 Å². The summed E-state index contributed by atoms with van der Waals surface area (Å²) in [4.78, 5) is 11.2. The number of hydrogen-bond donors (Lipinski definition) is 3. The summed E-state index contributed by atoms with van der Waals surface area (Å²) in [5, 5.41) is 17.4. The van der Waals surface area contributed by atoms with Gasteiger partial charge in [0.05, 0.1) is 23.9 Å². The van der Waals surface area contributed by atoms with Gasteiger partial charge in [-0.15, -0.1) is 11.3 Å². The third kappa shape index (κ3) is 8.26. The standard InChI is InChI=1S/C29H39N5O3S/c1-22-31-28(27(38-22)14-15-34-18-16-33(2)17-19-34)23-6-10-25(11-7-23)36-20-4-3-5-21-37-26-12-8-24(9-13-26)29(30)32-35/h6-13,35H,3-5,14-21H2,1-2H3,(H2,30,32). The second kappa shape index (κ2) is 14.2. The van der Waals surface area contributed by atoms with Crippen LogP contribution in [-0.4, -0.2) is 78.8 Å². The average Bonchev–Trinajstić information content (AvgIpc) is 3.32. The van der Waals surface area contributed by atoms with Crippen molar-refractivity contribution in [2.24, 2.45) is 0 Å². The Morgan fingerprint density at radius 1 is 0.947 bits per heavy atom. The molecule has 8 nitrogen and oxygen atoms in total. The summed E-state index contributed by atoms with van der Waals surface area (Å²) < 4.78 is 11.7. The van der Waals surface area contributed by atoms with Gasteiger partial charge in [-0.25, -0.2) is 4.98 Å². The fraction of sp³-hybridized carbons (Fsp3) is 0.448. The van der Waals surface area contributed by atoms with Crippen LogP contribution in [0.4, 0.5) is 0 Å². The number of aromatic nitrogens is 1. The monoisotopic (exact) mass is 537 g/mol. The second-order valence-corrected chi connectivity index (χ2v) is 11.0. The van der Waals surface area contributed by atoms with E-state index >= 15 is 0 Å². The Kier molecular flexibility index (Phi) is 10.5. The van der Waals surface area contributed by atoms with Crippen molar-refractivity contribution in [3.05, 3.63) is 64.0 Å². The molecule has 0 atom stereocenters. The molecule has 1 fully saturated rings. The molecule has 2 heterocycles. The van der Waals surface area contributed by atoms with E-state index in [-0.39, 0.29) is 5.84 Å². The van der Waals surface area contributed by atoms with Crippen LogP contribution in [-0.2, 0) is 6.42 Å². The number of likely N-dealkylation sites (N-methyl/N-ethyl adjacent to an activating group) is 1. The number of hydroxylamine groups is 1. The molecule has 0 amide bonds. The van der Waals surface area contributed by atoms with Crippen molar-refractivity contribution in [1.29, 1.82) is 5.41 Å². The lowest BCUT2D eigenvalue weighted by Gasteiger charge is -2.32. The van der Waals surface area contributed by atoms with Crippen molar-refractivity contribution in [3.8, 4) is 22.8 Å². The van der Waals surface area contributed by atoms with Crippen LogP contribution in [0.3, 0.4) is 0 Å². The first-order valence-corrected chi connectivity index (χ1v) is 14.2. The number of amidine groups is 1. The summed E-state index contributed by atoms with van der Waals surface area (Å²) >= 11 is 1.82. The van der Waals surface area contributed by atoms with Crippen LogP contribution in [0.1, 0.15) is 34.7 Å². The zero-order valence-electron chi connectivity index (χ0n) is 22.4. The highest BCUT2D eigenvalue weighted by atomic mass is 32.1. The highest BCUT2D eigenvalue weighted by Crippen LogP contribution is 2.30. The molecule has 0 radical (unpaired) electrons. The maximum atomic E-state index is 8.79. The van der Waals surface area contributed by atoms with Crippen LogP contribution in [0.2, 0.25) is 0 Å². The smallest absolute Gasteiger partial charge is 0.149 e. The Morgan fingerprint density at radius 3 is 2.16 bits per heavy atom. The lowest BCUT2D eigenvalue weighted by atomic mass is 10.1. The number of ether oxygens (including phenoxy) is 2. The Hall–Kier alpha value is -2.98. The molecule has 2 aromatic carbocycles. The highest BCUT2D eigenvalue weighted by Gasteiger charge is 2.16. The first-order chi connectivity index (χ1) is 18.5. The zero-order valence-corrected chi connectivity index (χ0v) is 23.2. The van der Waals surface area contributed by atoms with Gasteiger partial charge in [-0.3, -0.25) is 16.1 Å². The number of aryl methyl sites for hydroxylation is 1. The number of nitrogens with one attached hydrogen (secondary N) is 2. The molecule has 1 aliphatic heterocycles. The third-order valence-electron chi connectivity index (χ3n) is 6.76. The van der Waals surface area contributed by atoms with Gasteiger partial charge in [-0.05, 0) is 88.2 Å². The Morgan fingerprint density at radius 2 is 1.55 bits per heavy atom. The van der Waals surface area contributed by atoms with Gasteiger partial charge in [0.2, 0.25) is 0 Å². The molecule has 0 unspecified atom stereocenters. The molecule has 0 spiro atoms. The number of unbranched alkanes of at least 4 members (excludes halogenated alkanes) is 2. The van der Waals surface area contributed by atoms with Gasteiger partial charge in [0.1, 0.15) is 17.3 Å². The fourth-order valence-corrected chi connectivity index (χ4v) is 5.39. The van der Waals surface area contributed by atoms with Crippen molar-refractivity contribution >= 4 is 17.2 Å². The average molecular weight is 538 g/mol. The maximum Gasteiger partial charge on any atom is 0.149 e. The van der Waals surface area contributed by atoms with Crippen LogP contribution >= 0.6 is 11.3 Å². The molecule has 3 N–H and O–H groups in total. The largest absolute Gasteiger partial charge is 0.494 e. The van der Waals surface area contributed by atoms with E-state index in [1.54, 1.807) is 24.3 Å². The normalized spacial score (nSPS) is 14.4. The summed E-state index contributed by atoms with van der Waals surface area (Å²) in [6.45, 7) is 9.09. The van der Waals surface area contributed by atoms with E-state index in [9.17, 15) is 0 Å². The first kappa shape index (κ1) is 28.0. The highest BCUT2D eigenvalue weighted by molar-refractivity contribution is 7.12. The lowest BCUT2D eigenvalue weighted by molar-refractivity contribution is 0.156. The third-order valence-corrected chi connectivity index (χ3v) is 7.79. The van der Waals surface area contributed by atoms with E-state index in [0.29, 0.717) is 18.8 Å². The van der Waals surface area contributed by atoms with Gasteiger partial charge in [-0.2, -0.15) is 0 Å². The summed E-state index contributed by atoms with van der Waals surface area (Å²) in [7, 11) is 2.20. The van der Waals surface area contributed by atoms with Crippen LogP contribution in [0.5, 0.6) is 11.5 Å². The van der Waals surface area contributed by atoms with E-state index in [1.807, 2.05) is 28.9 Å². The summed E-state index contributed by atoms with van der Waals surface area (Å²) in [6.07, 6.45) is 3.97. The number of piperazine rings is 1. The van der Waals surface area contributed by atoms with Gasteiger partial charge in [0.25, 0.3) is 0 Å². The topological polar surface area (TPSA) is 93.9 Å². The molecular formula is C29H39N5O3S. The van der Waals surface area contributed by atoms with Gasteiger partial charge >= 0.3 is 0 Å². The number of hydrogen-bond acceptors (Lipinski definition) is 8. The summed E-state index contributed by atoms with van der Waals surface area (Å²) in [5.74, 6) is 1.61. The van der Waals surface area contributed by atoms with Crippen LogP contribution in [0.25, 0.3) is 11.3 Å². The minimum atomic E-state index is -0.0362. The quantitative estimate of drug-likeness (QED) is 0.124. The molecule has 1 saturated heterocycles. The lowest BCUT2D eigenvalue weighted by Crippen LogP contribution is -2.45. The SMILES string of the molecule is Cc1nc(-c2ccc(OCCCCCOc3ccc(C(=N)NO)cc3)cc2)c(CCN2CCN(C)CC2)s1. The van der Waals surface area contributed by atoms with Gasteiger partial charge < -0.3 is 19.3 Å². The molecule has 38 heavy (non-hydrogen) atoms. The maximum absolute atomic E-state index is 8.79. The van der Waals surface area contributed by atoms with E-state index in [4.69, 9.17) is 25.1 Å². The minimum Gasteiger partial charge on any atom is -0.494 e. The Labute approximate surface area is 229 Å². The Balaban J connectivity index is 1.15. The molecule has 0 saturated carbocycles. The van der Waals surface area contributed by atoms with E-state index in [1.165, 1.54) is 4.88 Å². The first-order valence-electron chi connectivity index (χ1n) is 13.3. The second-order valence-electron chi connectivity index (χ2n) is 9.69. The van der Waals surface area contributed by atoms with Crippen molar-refractivity contribution < 1.29 is 14.7 Å². The van der Waals surface area contributed by atoms with Crippen molar-refractivity contribution in [3.63, 3.8) is 0 Å². The molecule has 1 aromatic heterocycles. The number of nitrogens with zero attached hydrogens (tertiary/aromatic N) is 3. The molecule has 1 aliphatic rings. The van der Waals surface area contributed by atoms with Crippen LogP contribution in [0.15, 0.2) is 48.5 Å². The molecular weight excluding hydrogens is 498 g/mol. The van der Waals surface area contributed by atoms with Crippen LogP contribution < -0.4 is 15.0 Å². The molecule has 0 bridgehead atoms. The summed E-state index contributed by atoms with van der Waals surface area (Å²) in [6, 6.07) is 15.4. The fourth-order valence-electron chi connectivity index (χ4n) is 4.45. The van der Waals surface area contributed by atoms with Crippen molar-refractivity contribution in [2.45, 2.75) is 32.6 Å². The number of benzene rings is 2. The number of thiazole rings is 1. The predicted molar refractivity (Wildman–Crippen MR) is 153 cm³/mol. The van der Waals surface area contributed by atoms with Crippen molar-refractivity contribution in [1.82, 2.24) is 20.3 Å². The van der Waals surface area contributed by atoms with E-state index in [2.05, 4.69) is 35.9 Å². The molecule has 3 aromatic rings. The van der Waals surface area contributed by atoms with Gasteiger partial charge in [0, 0.05) is 48.7 Å². The molecule has 0 aliphatic carbocycles. The Bertz CT molecular complexity index is 1140. The molecule has 9 heteroatoms. The molecule has 204 valence electrons. The van der Waals surface area contributed by atoms with E-state index < -0.39 is 0 Å². The number of rotatable bonds is 13.